The lowest BCUT2D eigenvalue weighted by Gasteiger charge is -2.57. The second-order valence-corrected chi connectivity index (χ2v) is 13.9. The number of methoxy groups -OCH3 is 1. The van der Waals surface area contributed by atoms with E-state index in [9.17, 15) is 39.3 Å². The number of hydrogen-bond acceptors (Lipinski definition) is 12. The van der Waals surface area contributed by atoms with Gasteiger partial charge >= 0.3 is 5.97 Å². The molecule has 2 aliphatic carbocycles. The summed E-state index contributed by atoms with van der Waals surface area (Å²) in [6.45, 7) is 2.99. The first kappa shape index (κ1) is 31.4. The smallest absolute Gasteiger partial charge is 0.308 e. The number of ketones is 4. The fourth-order valence-corrected chi connectivity index (χ4v) is 10.4. The lowest BCUT2D eigenvalue weighted by molar-refractivity contribution is -0.148. The minimum absolute atomic E-state index is 0.00704. The molecule has 0 amide bonds. The zero-order chi connectivity index (χ0) is 32.4. The Kier molecular flexibility index (Phi) is 7.91. The van der Waals surface area contributed by atoms with Crippen molar-refractivity contribution < 1.29 is 53.5 Å². The number of carbonyl (C=O) groups is 5. The van der Waals surface area contributed by atoms with Crippen molar-refractivity contribution in [2.24, 2.45) is 11.8 Å². The number of thioether (sulfide) groups is 1. The van der Waals surface area contributed by atoms with Crippen LogP contribution in [-0.2, 0) is 19.0 Å². The van der Waals surface area contributed by atoms with Gasteiger partial charge in [-0.25, -0.2) is 0 Å². The van der Waals surface area contributed by atoms with E-state index in [1.54, 1.807) is 13.8 Å². The van der Waals surface area contributed by atoms with Crippen molar-refractivity contribution in [1.82, 2.24) is 0 Å². The molecule has 2 fully saturated rings. The summed E-state index contributed by atoms with van der Waals surface area (Å²) in [5, 5.41) is 31.3. The third-order valence-electron chi connectivity index (χ3n) is 9.66. The van der Waals surface area contributed by atoms with E-state index >= 15 is 0 Å². The Morgan fingerprint density at radius 3 is 1.78 bits per heavy atom. The maximum absolute atomic E-state index is 14.9. The molecule has 0 spiro atoms. The number of aromatic hydroxyl groups is 2. The largest absolute Gasteiger partial charge is 0.507 e. The summed E-state index contributed by atoms with van der Waals surface area (Å²) in [4.78, 5) is 70.7. The average Bonchev–Trinajstić information content (AvgIpc) is 2.98. The third-order valence-corrected chi connectivity index (χ3v) is 11.6. The lowest BCUT2D eigenvalue weighted by atomic mass is 9.66. The Balaban J connectivity index is 1.60. The molecule has 2 saturated heterocycles. The van der Waals surface area contributed by atoms with Gasteiger partial charge in [-0.05, 0) is 45.2 Å². The van der Waals surface area contributed by atoms with Gasteiger partial charge in [0.15, 0.2) is 23.1 Å². The van der Waals surface area contributed by atoms with Crippen molar-refractivity contribution in [1.29, 1.82) is 0 Å². The van der Waals surface area contributed by atoms with Gasteiger partial charge in [0.2, 0.25) is 0 Å². The third kappa shape index (κ3) is 4.64. The van der Waals surface area contributed by atoms with Gasteiger partial charge in [0.25, 0.3) is 0 Å². The molecule has 238 valence electrons. The van der Waals surface area contributed by atoms with Crippen LogP contribution in [0.4, 0.5) is 0 Å². The Hall–Kier alpha value is -3.58. The molecule has 0 bridgehead atoms. The molecule has 2 aromatic rings. The summed E-state index contributed by atoms with van der Waals surface area (Å²) in [5.41, 5.74) is -0.298. The van der Waals surface area contributed by atoms with Gasteiger partial charge in [-0.3, -0.25) is 24.0 Å². The Bertz CT molecular complexity index is 1620. The van der Waals surface area contributed by atoms with E-state index < -0.39 is 74.8 Å². The first-order valence-corrected chi connectivity index (χ1v) is 15.7. The van der Waals surface area contributed by atoms with Crippen LogP contribution >= 0.6 is 11.8 Å². The van der Waals surface area contributed by atoms with Gasteiger partial charge in [-0.2, -0.15) is 0 Å². The average molecular weight is 639 g/mol. The van der Waals surface area contributed by atoms with Gasteiger partial charge < -0.3 is 29.5 Å². The maximum Gasteiger partial charge on any atom is 0.308 e. The molecule has 0 radical (unpaired) electrons. The Morgan fingerprint density at radius 1 is 0.844 bits per heavy atom. The van der Waals surface area contributed by atoms with Crippen LogP contribution in [0.3, 0.4) is 0 Å². The van der Waals surface area contributed by atoms with E-state index in [0.717, 1.165) is 11.8 Å². The molecule has 2 heterocycles. The number of rotatable bonds is 6. The second-order valence-electron chi connectivity index (χ2n) is 12.2. The minimum Gasteiger partial charge on any atom is -0.507 e. The highest BCUT2D eigenvalue weighted by Gasteiger charge is 2.68. The summed E-state index contributed by atoms with van der Waals surface area (Å²) < 4.78 is 13.8. The maximum atomic E-state index is 14.9. The second kappa shape index (κ2) is 11.3. The molecule has 12 heteroatoms. The van der Waals surface area contributed by atoms with Crippen molar-refractivity contribution in [2.75, 3.05) is 13.7 Å². The number of hydrogen-bond donors (Lipinski definition) is 3. The predicted octanol–water partition coefficient (Wildman–Crippen LogP) is 3.30. The number of phenolic OH excluding ortho intramolecular Hbond substituents is 2. The molecule has 6 rings (SSSR count). The molecule has 0 saturated carbocycles. The van der Waals surface area contributed by atoms with Crippen molar-refractivity contribution in [3.05, 3.63) is 58.7 Å². The highest BCUT2D eigenvalue weighted by molar-refractivity contribution is 8.03. The topological polar surface area (TPSA) is 174 Å². The predicted molar refractivity (Wildman–Crippen MR) is 160 cm³/mol. The Morgan fingerprint density at radius 2 is 1.31 bits per heavy atom. The van der Waals surface area contributed by atoms with Crippen molar-refractivity contribution in [3.63, 3.8) is 0 Å². The van der Waals surface area contributed by atoms with Crippen LogP contribution in [0.2, 0.25) is 0 Å². The van der Waals surface area contributed by atoms with Crippen LogP contribution < -0.4 is 0 Å². The van der Waals surface area contributed by atoms with E-state index in [1.165, 1.54) is 43.5 Å². The van der Waals surface area contributed by atoms with Gasteiger partial charge in [0.05, 0.1) is 70.4 Å². The van der Waals surface area contributed by atoms with Gasteiger partial charge in [0, 0.05) is 17.7 Å². The zero-order valence-corrected chi connectivity index (χ0v) is 25.8. The number of carbonyl (C=O) groups excluding carboxylic acids is 5. The molecular weight excluding hydrogens is 604 g/mol. The van der Waals surface area contributed by atoms with E-state index in [4.69, 9.17) is 14.2 Å². The molecule has 2 aliphatic heterocycles. The standard InChI is InChI=1S/C33H34O11S/c1-15-26-28(38)24-19(6-4-8-21(24)35)30(40)32(26,13-17(43-15)10-11-34)45-33-14-18(12-23(37)42-3)44-16(2)27(33)29(39)25-20(31(33)41)7-5-9-22(25)36/h4-9,15-18,26-27,34-36H,10-14H2,1-3H3. The summed E-state index contributed by atoms with van der Waals surface area (Å²) in [7, 11) is 1.23. The number of fused-ring (bicyclic) bond motifs is 4. The van der Waals surface area contributed by atoms with E-state index in [0.29, 0.717) is 0 Å². The van der Waals surface area contributed by atoms with Gasteiger partial charge in [0.1, 0.15) is 11.5 Å². The highest BCUT2D eigenvalue weighted by atomic mass is 32.2. The Labute approximate surface area is 263 Å². The number of benzene rings is 2. The number of esters is 1. The molecule has 8 unspecified atom stereocenters. The summed E-state index contributed by atoms with van der Waals surface area (Å²) in [5.74, 6) is -5.76. The molecule has 45 heavy (non-hydrogen) atoms. The van der Waals surface area contributed by atoms with E-state index in [2.05, 4.69) is 0 Å². The first-order valence-electron chi connectivity index (χ1n) is 14.9. The fourth-order valence-electron chi connectivity index (χ4n) is 7.94. The summed E-state index contributed by atoms with van der Waals surface area (Å²) >= 11 is 0.945. The van der Waals surface area contributed by atoms with Crippen molar-refractivity contribution >= 4 is 40.9 Å². The van der Waals surface area contributed by atoms with Crippen molar-refractivity contribution in [2.45, 2.75) is 73.4 Å². The molecule has 0 aromatic heterocycles. The normalized spacial score (nSPS) is 34.0. The molecule has 11 nitrogen and oxygen atoms in total. The molecule has 4 aliphatic rings. The number of phenols is 2. The summed E-state index contributed by atoms with van der Waals surface area (Å²) in [6, 6.07) is 8.46. The van der Waals surface area contributed by atoms with E-state index in [-0.39, 0.29) is 66.0 Å². The number of ether oxygens (including phenoxy) is 3. The fraction of sp³-hybridized carbons (Fsp3) is 0.485. The van der Waals surface area contributed by atoms with Crippen LogP contribution in [0.1, 0.15) is 81.0 Å². The number of aliphatic hydroxyl groups is 1. The quantitative estimate of drug-likeness (QED) is 0.395. The van der Waals surface area contributed by atoms with E-state index in [1.807, 2.05) is 0 Å². The van der Waals surface area contributed by atoms with Gasteiger partial charge in [-0.1, -0.05) is 24.3 Å². The molecule has 3 N–H and O–H groups in total. The molecule has 8 atom stereocenters. The van der Waals surface area contributed by atoms with Crippen LogP contribution in [0.25, 0.3) is 0 Å². The minimum atomic E-state index is -1.71. The summed E-state index contributed by atoms with van der Waals surface area (Å²) in [6.07, 6.45) is -3.65. The van der Waals surface area contributed by atoms with Crippen LogP contribution in [0.5, 0.6) is 11.5 Å². The monoisotopic (exact) mass is 638 g/mol. The van der Waals surface area contributed by atoms with Crippen LogP contribution in [0.15, 0.2) is 36.4 Å². The van der Waals surface area contributed by atoms with Gasteiger partial charge in [-0.15, -0.1) is 11.8 Å². The van der Waals surface area contributed by atoms with Crippen LogP contribution in [0, 0.1) is 11.8 Å². The number of aliphatic hydroxyl groups excluding tert-OH is 1. The molecule has 2 aromatic carbocycles. The molecular formula is C33H34O11S. The van der Waals surface area contributed by atoms with Crippen molar-refractivity contribution in [3.8, 4) is 11.5 Å². The lowest BCUT2D eigenvalue weighted by Crippen LogP contribution is -2.67. The first-order chi connectivity index (χ1) is 21.4. The highest BCUT2D eigenvalue weighted by Crippen LogP contribution is 2.62. The number of Topliss-reactive ketones (excluding diaryl/α,β-unsaturated/α-hetero) is 4. The van der Waals surface area contributed by atoms with Crippen LogP contribution in [-0.4, -0.2) is 92.0 Å². The SMILES string of the molecule is COC(=O)CC1CC2(SC34CC(CCO)OC(C)C3C(=O)c3c(O)cccc3C4=O)C(=O)c3cccc(O)c3C(=O)C2C(C)O1. The zero-order valence-electron chi connectivity index (χ0n) is 25.0.